The van der Waals surface area contributed by atoms with Gasteiger partial charge in [0.25, 0.3) is 5.91 Å². The van der Waals surface area contributed by atoms with Crippen LogP contribution in [0.1, 0.15) is 37.8 Å². The second-order valence-electron chi connectivity index (χ2n) is 7.63. The predicted octanol–water partition coefficient (Wildman–Crippen LogP) is 5.41. The first-order valence-corrected chi connectivity index (χ1v) is 10.7. The summed E-state index contributed by atoms with van der Waals surface area (Å²) in [5, 5.41) is 14.9. The summed E-state index contributed by atoms with van der Waals surface area (Å²) in [6, 6.07) is 31.7. The van der Waals surface area contributed by atoms with Gasteiger partial charge < -0.3 is 15.7 Å². The SMILES string of the molecule is O=C(Nc1ccccc1C(=O)O)c1cccc(NC(=O)C(c2ccccc2)c2ccccc2)c1. The Kier molecular flexibility index (Phi) is 6.79. The van der Waals surface area contributed by atoms with Gasteiger partial charge in [0.05, 0.1) is 17.2 Å². The highest BCUT2D eigenvalue weighted by Gasteiger charge is 2.23. The molecular formula is C28H22N2O4. The normalized spacial score (nSPS) is 10.5. The first-order valence-electron chi connectivity index (χ1n) is 10.7. The summed E-state index contributed by atoms with van der Waals surface area (Å²) in [5.41, 5.74) is 2.64. The summed E-state index contributed by atoms with van der Waals surface area (Å²) >= 11 is 0. The average Bonchev–Trinajstić information content (AvgIpc) is 2.86. The quantitative estimate of drug-likeness (QED) is 0.351. The molecule has 0 fully saturated rings. The van der Waals surface area contributed by atoms with E-state index in [1.807, 2.05) is 60.7 Å². The summed E-state index contributed by atoms with van der Waals surface area (Å²) in [6.45, 7) is 0. The zero-order valence-corrected chi connectivity index (χ0v) is 18.1. The van der Waals surface area contributed by atoms with Crippen LogP contribution in [0, 0.1) is 0 Å². The minimum Gasteiger partial charge on any atom is -0.478 e. The third-order valence-corrected chi connectivity index (χ3v) is 5.33. The molecule has 34 heavy (non-hydrogen) atoms. The Morgan fingerprint density at radius 1 is 0.647 bits per heavy atom. The molecule has 0 bridgehead atoms. The minimum absolute atomic E-state index is 0.00567. The lowest BCUT2D eigenvalue weighted by molar-refractivity contribution is -0.116. The molecule has 6 nitrogen and oxygen atoms in total. The van der Waals surface area contributed by atoms with Crippen LogP contribution in [0.4, 0.5) is 11.4 Å². The first-order chi connectivity index (χ1) is 16.5. The Morgan fingerprint density at radius 2 is 1.24 bits per heavy atom. The highest BCUT2D eigenvalue weighted by atomic mass is 16.4. The highest BCUT2D eigenvalue weighted by Crippen LogP contribution is 2.26. The maximum absolute atomic E-state index is 13.3. The summed E-state index contributed by atoms with van der Waals surface area (Å²) in [7, 11) is 0. The number of nitrogens with one attached hydrogen (secondary N) is 2. The Bertz CT molecular complexity index is 1280. The topological polar surface area (TPSA) is 95.5 Å². The molecule has 0 aromatic heterocycles. The molecule has 0 saturated heterocycles. The maximum atomic E-state index is 13.3. The van der Waals surface area contributed by atoms with E-state index in [1.165, 1.54) is 12.1 Å². The molecule has 4 aromatic carbocycles. The van der Waals surface area contributed by atoms with E-state index < -0.39 is 17.8 Å². The van der Waals surface area contributed by atoms with Gasteiger partial charge in [-0.2, -0.15) is 0 Å². The standard InChI is InChI=1S/C28H22N2O4/c31-26(30-24-17-8-7-16-23(24)28(33)34)21-14-9-15-22(18-21)29-27(32)25(19-10-3-1-4-11-19)20-12-5-2-6-13-20/h1-18,25H,(H,29,32)(H,30,31)(H,33,34). The molecule has 0 aliphatic carbocycles. The number of rotatable bonds is 7. The van der Waals surface area contributed by atoms with Gasteiger partial charge in [-0.05, 0) is 41.5 Å². The van der Waals surface area contributed by atoms with E-state index in [0.717, 1.165) is 11.1 Å². The molecule has 2 amide bonds. The molecule has 0 unspecified atom stereocenters. The van der Waals surface area contributed by atoms with E-state index >= 15 is 0 Å². The van der Waals surface area contributed by atoms with Crippen molar-refractivity contribution >= 4 is 29.2 Å². The Balaban J connectivity index is 1.56. The Morgan fingerprint density at radius 3 is 1.85 bits per heavy atom. The van der Waals surface area contributed by atoms with Crippen molar-refractivity contribution in [3.05, 3.63) is 131 Å². The van der Waals surface area contributed by atoms with E-state index in [1.54, 1.807) is 36.4 Å². The van der Waals surface area contributed by atoms with Crippen LogP contribution in [0.5, 0.6) is 0 Å². The highest BCUT2D eigenvalue weighted by molar-refractivity contribution is 6.08. The number of para-hydroxylation sites is 1. The molecule has 0 saturated carbocycles. The fourth-order valence-corrected chi connectivity index (χ4v) is 3.71. The van der Waals surface area contributed by atoms with Crippen LogP contribution in [0.15, 0.2) is 109 Å². The fourth-order valence-electron chi connectivity index (χ4n) is 3.71. The molecular weight excluding hydrogens is 428 g/mol. The number of carbonyl (C=O) groups is 3. The van der Waals surface area contributed by atoms with E-state index in [-0.39, 0.29) is 22.7 Å². The number of carbonyl (C=O) groups excluding carboxylic acids is 2. The molecule has 4 rings (SSSR count). The van der Waals surface area contributed by atoms with Crippen molar-refractivity contribution in [2.24, 2.45) is 0 Å². The molecule has 0 heterocycles. The number of benzene rings is 4. The lowest BCUT2D eigenvalue weighted by Crippen LogP contribution is -2.22. The lowest BCUT2D eigenvalue weighted by atomic mass is 9.90. The fraction of sp³-hybridized carbons (Fsp3) is 0.0357. The smallest absolute Gasteiger partial charge is 0.337 e. The Hall–Kier alpha value is -4.71. The summed E-state index contributed by atoms with van der Waals surface area (Å²) in [6.07, 6.45) is 0. The van der Waals surface area contributed by atoms with E-state index in [4.69, 9.17) is 0 Å². The van der Waals surface area contributed by atoms with Crippen molar-refractivity contribution in [1.29, 1.82) is 0 Å². The van der Waals surface area contributed by atoms with Gasteiger partial charge >= 0.3 is 5.97 Å². The molecule has 0 radical (unpaired) electrons. The molecule has 0 aliphatic rings. The van der Waals surface area contributed by atoms with Crippen LogP contribution in [-0.4, -0.2) is 22.9 Å². The van der Waals surface area contributed by atoms with Crippen molar-refractivity contribution < 1.29 is 19.5 Å². The van der Waals surface area contributed by atoms with E-state index in [2.05, 4.69) is 10.6 Å². The molecule has 0 spiro atoms. The zero-order chi connectivity index (χ0) is 23.9. The molecule has 6 heteroatoms. The van der Waals surface area contributed by atoms with Crippen molar-refractivity contribution in [3.8, 4) is 0 Å². The largest absolute Gasteiger partial charge is 0.478 e. The molecule has 0 aliphatic heterocycles. The second kappa shape index (κ2) is 10.3. The van der Waals surface area contributed by atoms with Crippen molar-refractivity contribution in [1.82, 2.24) is 0 Å². The molecule has 3 N–H and O–H groups in total. The van der Waals surface area contributed by atoms with Gasteiger partial charge in [0.1, 0.15) is 0 Å². The van der Waals surface area contributed by atoms with Crippen LogP contribution >= 0.6 is 0 Å². The van der Waals surface area contributed by atoms with Gasteiger partial charge in [0.15, 0.2) is 0 Å². The van der Waals surface area contributed by atoms with Crippen LogP contribution in [0.25, 0.3) is 0 Å². The van der Waals surface area contributed by atoms with Gasteiger partial charge in [0.2, 0.25) is 5.91 Å². The van der Waals surface area contributed by atoms with Gasteiger partial charge in [-0.15, -0.1) is 0 Å². The number of anilines is 2. The number of aromatic carboxylic acids is 1. The van der Waals surface area contributed by atoms with Crippen LogP contribution < -0.4 is 10.6 Å². The number of carboxylic acids is 1. The number of hydrogen-bond donors (Lipinski definition) is 3. The molecule has 0 atom stereocenters. The third kappa shape index (κ3) is 5.19. The Labute approximate surface area is 196 Å². The number of carboxylic acid groups (broad SMARTS) is 1. The molecule has 168 valence electrons. The van der Waals surface area contributed by atoms with E-state index in [9.17, 15) is 19.5 Å². The monoisotopic (exact) mass is 450 g/mol. The third-order valence-electron chi connectivity index (χ3n) is 5.33. The number of hydrogen-bond acceptors (Lipinski definition) is 3. The second-order valence-corrected chi connectivity index (χ2v) is 7.63. The van der Waals surface area contributed by atoms with Crippen molar-refractivity contribution in [2.75, 3.05) is 10.6 Å². The van der Waals surface area contributed by atoms with Crippen LogP contribution in [0.3, 0.4) is 0 Å². The summed E-state index contributed by atoms with van der Waals surface area (Å²) < 4.78 is 0. The van der Waals surface area contributed by atoms with Gasteiger partial charge in [-0.25, -0.2) is 4.79 Å². The predicted molar refractivity (Wildman–Crippen MR) is 131 cm³/mol. The first kappa shape index (κ1) is 22.5. The lowest BCUT2D eigenvalue weighted by Gasteiger charge is -2.18. The number of amides is 2. The maximum Gasteiger partial charge on any atom is 0.337 e. The minimum atomic E-state index is -1.13. The van der Waals surface area contributed by atoms with E-state index in [0.29, 0.717) is 5.69 Å². The summed E-state index contributed by atoms with van der Waals surface area (Å²) in [5.74, 6) is -2.37. The summed E-state index contributed by atoms with van der Waals surface area (Å²) in [4.78, 5) is 37.5. The van der Waals surface area contributed by atoms with Crippen LogP contribution in [0.2, 0.25) is 0 Å². The van der Waals surface area contributed by atoms with Crippen molar-refractivity contribution in [3.63, 3.8) is 0 Å². The van der Waals surface area contributed by atoms with Crippen molar-refractivity contribution in [2.45, 2.75) is 5.92 Å². The van der Waals surface area contributed by atoms with Gasteiger partial charge in [-0.3, -0.25) is 9.59 Å². The van der Waals surface area contributed by atoms with Crippen LogP contribution in [-0.2, 0) is 4.79 Å². The average molecular weight is 450 g/mol. The van der Waals surface area contributed by atoms with Gasteiger partial charge in [0, 0.05) is 11.3 Å². The zero-order valence-electron chi connectivity index (χ0n) is 18.1. The van der Waals surface area contributed by atoms with Gasteiger partial charge in [-0.1, -0.05) is 78.9 Å². The molecule has 4 aromatic rings.